The minimum Gasteiger partial charge on any atom is -0.496 e. The molecule has 1 aromatic carbocycles. The van der Waals surface area contributed by atoms with E-state index in [1.165, 1.54) is 0 Å². The van der Waals surface area contributed by atoms with Gasteiger partial charge in [-0.2, -0.15) is 0 Å². The molecule has 0 aromatic heterocycles. The van der Waals surface area contributed by atoms with E-state index >= 15 is 0 Å². The van der Waals surface area contributed by atoms with Gasteiger partial charge in [-0.15, -0.1) is 5.10 Å². The van der Waals surface area contributed by atoms with Crippen molar-refractivity contribution in [2.75, 3.05) is 7.11 Å². The van der Waals surface area contributed by atoms with Gasteiger partial charge in [0.15, 0.2) is 0 Å². The number of carbonyl (C=O) groups is 1. The van der Waals surface area contributed by atoms with Crippen LogP contribution in [-0.2, 0) is 0 Å². The number of carbonyl (C=O) groups excluding carboxylic acids is 1. The van der Waals surface area contributed by atoms with Gasteiger partial charge in [0.05, 0.1) is 7.11 Å². The lowest BCUT2D eigenvalue weighted by molar-refractivity contribution is 0.0976. The van der Waals surface area contributed by atoms with Crippen LogP contribution in [0.25, 0.3) is 0 Å². The average Bonchev–Trinajstić information content (AvgIpc) is 2.29. The van der Waals surface area contributed by atoms with Crippen molar-refractivity contribution in [1.29, 1.82) is 0 Å². The molecule has 0 saturated heterocycles. The Morgan fingerprint density at radius 2 is 2.19 bits per heavy atom. The van der Waals surface area contributed by atoms with Crippen LogP contribution in [0.15, 0.2) is 23.3 Å². The topological polar surface area (TPSA) is 103 Å². The molecule has 16 heavy (non-hydrogen) atoms. The predicted molar refractivity (Wildman–Crippen MR) is 61.0 cm³/mol. The first-order valence-corrected chi connectivity index (χ1v) is 4.58. The summed E-state index contributed by atoms with van der Waals surface area (Å²) in [5, 5.41) is 5.47. The van der Waals surface area contributed by atoms with E-state index in [-0.39, 0.29) is 11.9 Å². The Morgan fingerprint density at radius 3 is 2.75 bits per heavy atom. The van der Waals surface area contributed by atoms with Crippen molar-refractivity contribution >= 4 is 11.9 Å². The van der Waals surface area contributed by atoms with E-state index in [1.54, 1.807) is 25.3 Å². The second kappa shape index (κ2) is 5.01. The van der Waals surface area contributed by atoms with Gasteiger partial charge in [-0.3, -0.25) is 10.1 Å². The van der Waals surface area contributed by atoms with Crippen LogP contribution in [0, 0.1) is 6.92 Å². The van der Waals surface area contributed by atoms with Crippen molar-refractivity contribution < 1.29 is 9.53 Å². The Morgan fingerprint density at radius 1 is 1.50 bits per heavy atom. The number of methoxy groups -OCH3 is 1. The van der Waals surface area contributed by atoms with Crippen LogP contribution in [0.1, 0.15) is 15.9 Å². The van der Waals surface area contributed by atoms with Crippen molar-refractivity contribution in [3.8, 4) is 5.75 Å². The molecule has 86 valence electrons. The number of guanidine groups is 1. The van der Waals surface area contributed by atoms with E-state index in [1.807, 2.05) is 6.92 Å². The van der Waals surface area contributed by atoms with Crippen LogP contribution >= 0.6 is 0 Å². The van der Waals surface area contributed by atoms with Crippen LogP contribution in [0.3, 0.4) is 0 Å². The normalized spacial score (nSPS) is 11.0. The summed E-state index contributed by atoms with van der Waals surface area (Å²) < 4.78 is 5.10. The number of hydrogen-bond donors (Lipinski definition) is 3. The molecule has 0 unspecified atom stereocenters. The van der Waals surface area contributed by atoms with E-state index < -0.39 is 0 Å². The van der Waals surface area contributed by atoms with Gasteiger partial charge in [0.2, 0.25) is 5.96 Å². The molecule has 1 aromatic rings. The zero-order valence-electron chi connectivity index (χ0n) is 9.15. The first-order chi connectivity index (χ1) is 7.58. The summed E-state index contributed by atoms with van der Waals surface area (Å²) in [6, 6.07) is 5.06. The van der Waals surface area contributed by atoms with Crippen molar-refractivity contribution in [2.45, 2.75) is 6.92 Å². The molecule has 6 nitrogen and oxygen atoms in total. The molecule has 1 rings (SSSR count). The second-order valence-electron chi connectivity index (χ2n) is 3.15. The molecule has 6 heteroatoms. The molecule has 1 amide bonds. The molecule has 0 saturated carbocycles. The van der Waals surface area contributed by atoms with Gasteiger partial charge in [0.25, 0.3) is 5.91 Å². The average molecular weight is 222 g/mol. The van der Waals surface area contributed by atoms with Crippen LogP contribution in [-0.4, -0.2) is 19.0 Å². The first-order valence-electron chi connectivity index (χ1n) is 4.58. The third-order valence-corrected chi connectivity index (χ3v) is 2.05. The fraction of sp³-hybridized carbons (Fsp3) is 0.200. The fourth-order valence-corrected chi connectivity index (χ4v) is 1.18. The highest BCUT2D eigenvalue weighted by molar-refractivity contribution is 6.05. The van der Waals surface area contributed by atoms with Crippen LogP contribution in [0.4, 0.5) is 0 Å². The van der Waals surface area contributed by atoms with Gasteiger partial charge in [-0.05, 0) is 24.6 Å². The Balaban J connectivity index is 2.92. The molecule has 0 heterocycles. The van der Waals surface area contributed by atoms with Gasteiger partial charge >= 0.3 is 0 Å². The van der Waals surface area contributed by atoms with Crippen LogP contribution in [0.2, 0.25) is 0 Å². The smallest absolute Gasteiger partial charge is 0.258 e. The monoisotopic (exact) mass is 222 g/mol. The molecule has 0 atom stereocenters. The second-order valence-corrected chi connectivity index (χ2v) is 3.15. The summed E-state index contributed by atoms with van der Waals surface area (Å²) in [6.07, 6.45) is 0. The maximum atomic E-state index is 11.6. The largest absolute Gasteiger partial charge is 0.496 e. The number of nitrogens with two attached hydrogens (primary N) is 2. The number of benzene rings is 1. The highest BCUT2D eigenvalue weighted by Gasteiger charge is 2.09. The summed E-state index contributed by atoms with van der Waals surface area (Å²) in [7, 11) is 1.54. The number of nitrogens with one attached hydrogen (secondary N) is 1. The standard InChI is InChI=1S/C10H14N4O2/c1-6-3-4-7(5-8(6)16-2)9(15)13-10(11)14-12/h3-5H,12H2,1-2H3,(H3,11,13,14,15). The SMILES string of the molecule is COc1cc(C(=O)NC(N)=NN)ccc1C. The number of hydrazone groups is 1. The summed E-state index contributed by atoms with van der Waals surface area (Å²) in [4.78, 5) is 11.6. The van der Waals surface area contributed by atoms with Crippen molar-refractivity contribution in [3.63, 3.8) is 0 Å². The van der Waals surface area contributed by atoms with E-state index in [0.29, 0.717) is 11.3 Å². The van der Waals surface area contributed by atoms with Crippen LogP contribution < -0.4 is 21.6 Å². The number of hydrogen-bond acceptors (Lipinski definition) is 4. The molecule has 0 aliphatic carbocycles. The lowest BCUT2D eigenvalue weighted by Gasteiger charge is -2.07. The Labute approximate surface area is 93.3 Å². The van der Waals surface area contributed by atoms with Gasteiger partial charge in [0.1, 0.15) is 5.75 Å². The number of aryl methyl sites for hydroxylation is 1. The zero-order valence-corrected chi connectivity index (χ0v) is 9.15. The van der Waals surface area contributed by atoms with Crippen molar-refractivity contribution in [1.82, 2.24) is 5.32 Å². The molecule has 0 spiro atoms. The number of amides is 1. The molecule has 5 N–H and O–H groups in total. The van der Waals surface area contributed by atoms with Crippen molar-refractivity contribution in [2.24, 2.45) is 16.7 Å². The molecule has 0 aliphatic heterocycles. The minimum absolute atomic E-state index is 0.135. The minimum atomic E-state index is -0.384. The van der Waals surface area contributed by atoms with Crippen LogP contribution in [0.5, 0.6) is 5.75 Å². The number of nitrogens with zero attached hydrogens (tertiary/aromatic N) is 1. The van der Waals surface area contributed by atoms with Gasteiger partial charge < -0.3 is 16.3 Å². The van der Waals surface area contributed by atoms with Gasteiger partial charge in [0, 0.05) is 5.56 Å². The van der Waals surface area contributed by atoms with Crippen molar-refractivity contribution in [3.05, 3.63) is 29.3 Å². The first kappa shape index (κ1) is 11.8. The molecular formula is C10H14N4O2. The Kier molecular flexibility index (Phi) is 3.71. The van der Waals surface area contributed by atoms with E-state index in [9.17, 15) is 4.79 Å². The highest BCUT2D eigenvalue weighted by atomic mass is 16.5. The molecule has 0 radical (unpaired) electrons. The lowest BCUT2D eigenvalue weighted by Crippen LogP contribution is -2.37. The quantitative estimate of drug-likeness (QED) is 0.282. The third-order valence-electron chi connectivity index (χ3n) is 2.05. The Bertz CT molecular complexity index is 429. The molecule has 0 fully saturated rings. The van der Waals surface area contributed by atoms with E-state index in [0.717, 1.165) is 5.56 Å². The van der Waals surface area contributed by atoms with E-state index in [4.69, 9.17) is 16.3 Å². The highest BCUT2D eigenvalue weighted by Crippen LogP contribution is 2.18. The number of rotatable bonds is 2. The third kappa shape index (κ3) is 2.63. The molecule has 0 aliphatic rings. The lowest BCUT2D eigenvalue weighted by atomic mass is 10.1. The molecule has 0 bridgehead atoms. The molecular weight excluding hydrogens is 208 g/mol. The Hall–Kier alpha value is -2.24. The summed E-state index contributed by atoms with van der Waals surface area (Å²) in [6.45, 7) is 1.89. The zero-order chi connectivity index (χ0) is 12.1. The fourth-order valence-electron chi connectivity index (χ4n) is 1.18. The maximum absolute atomic E-state index is 11.6. The number of ether oxygens (including phenoxy) is 1. The summed E-state index contributed by atoms with van der Waals surface area (Å²) >= 11 is 0. The van der Waals surface area contributed by atoms with E-state index in [2.05, 4.69) is 10.4 Å². The summed E-state index contributed by atoms with van der Waals surface area (Å²) in [5.74, 6) is 5.02. The maximum Gasteiger partial charge on any atom is 0.258 e. The van der Waals surface area contributed by atoms with Gasteiger partial charge in [-0.1, -0.05) is 6.07 Å². The predicted octanol–water partition coefficient (Wildman–Crippen LogP) is -0.0782. The summed E-state index contributed by atoms with van der Waals surface area (Å²) in [5.41, 5.74) is 6.64. The van der Waals surface area contributed by atoms with Gasteiger partial charge in [-0.25, -0.2) is 0 Å².